The van der Waals surface area contributed by atoms with Crippen LogP contribution in [0.3, 0.4) is 0 Å². The number of aromatic nitrogens is 4. The van der Waals surface area contributed by atoms with E-state index in [1.165, 1.54) is 6.20 Å². The number of carbonyl (C=O) groups is 1. The molecule has 1 N–H and O–H groups in total. The van der Waals surface area contributed by atoms with Crippen molar-refractivity contribution in [2.45, 2.75) is 13.8 Å². The number of nitriles is 1. The number of carbonyl (C=O) groups excluding carboxylic acids is 1. The fourth-order valence-electron chi connectivity index (χ4n) is 3.41. The molecule has 170 valence electrons. The molecule has 0 fully saturated rings. The number of aryl methyl sites for hydroxylation is 1. The van der Waals surface area contributed by atoms with Gasteiger partial charge < -0.3 is 19.4 Å². The lowest BCUT2D eigenvalue weighted by Crippen LogP contribution is -2.10. The number of ether oxygens (including phenoxy) is 2. The predicted molar refractivity (Wildman–Crippen MR) is 126 cm³/mol. The van der Waals surface area contributed by atoms with Gasteiger partial charge in [0.05, 0.1) is 48.8 Å². The highest BCUT2D eigenvalue weighted by Crippen LogP contribution is 2.29. The van der Waals surface area contributed by atoms with E-state index in [0.717, 1.165) is 11.4 Å². The maximum atomic E-state index is 12.5. The van der Waals surface area contributed by atoms with Gasteiger partial charge in [-0.2, -0.15) is 5.26 Å². The van der Waals surface area contributed by atoms with Crippen molar-refractivity contribution in [2.75, 3.05) is 19.0 Å². The standard InChI is InChI=1S/C25H22N6O3/c1-4-34-24(32)20-13-27-25(30-23(20)18-7-5-6-17(10-18)12-26)29-19-8-9-21(22(11-19)33-3)31-14-16(2)28-15-31/h5-11,13-15H,4H2,1-3H3,(H,27,29,30). The van der Waals surface area contributed by atoms with Crippen molar-refractivity contribution in [3.8, 4) is 28.8 Å². The molecule has 4 rings (SSSR count). The van der Waals surface area contributed by atoms with Gasteiger partial charge in [0.15, 0.2) is 0 Å². The SMILES string of the molecule is CCOC(=O)c1cnc(Nc2ccc(-n3cnc(C)c3)c(OC)c2)nc1-c1cccc(C#N)c1. The Hall–Kier alpha value is -4.71. The molecule has 0 aliphatic heterocycles. The van der Waals surface area contributed by atoms with E-state index in [1.807, 2.05) is 35.9 Å². The lowest BCUT2D eigenvalue weighted by molar-refractivity contribution is 0.0526. The third-order valence-electron chi connectivity index (χ3n) is 4.97. The smallest absolute Gasteiger partial charge is 0.341 e. The van der Waals surface area contributed by atoms with Crippen molar-refractivity contribution in [2.24, 2.45) is 0 Å². The minimum atomic E-state index is -0.534. The van der Waals surface area contributed by atoms with E-state index < -0.39 is 5.97 Å². The first-order valence-corrected chi connectivity index (χ1v) is 10.5. The Morgan fingerprint density at radius 3 is 2.76 bits per heavy atom. The zero-order chi connectivity index (χ0) is 24.1. The van der Waals surface area contributed by atoms with Crippen molar-refractivity contribution >= 4 is 17.6 Å². The van der Waals surface area contributed by atoms with Gasteiger partial charge in [0.1, 0.15) is 11.3 Å². The molecule has 0 aliphatic rings. The number of benzene rings is 2. The number of imidazole rings is 1. The van der Waals surface area contributed by atoms with Crippen molar-refractivity contribution < 1.29 is 14.3 Å². The van der Waals surface area contributed by atoms with Gasteiger partial charge in [0.2, 0.25) is 5.95 Å². The van der Waals surface area contributed by atoms with E-state index in [4.69, 9.17) is 9.47 Å². The lowest BCUT2D eigenvalue weighted by Gasteiger charge is -2.13. The van der Waals surface area contributed by atoms with Crippen molar-refractivity contribution in [3.05, 3.63) is 78.0 Å². The molecule has 9 nitrogen and oxygen atoms in total. The number of esters is 1. The van der Waals surface area contributed by atoms with E-state index in [1.54, 1.807) is 44.6 Å². The normalized spacial score (nSPS) is 10.4. The molecule has 0 radical (unpaired) electrons. The maximum absolute atomic E-state index is 12.5. The number of anilines is 2. The van der Waals surface area contributed by atoms with Crippen LogP contribution in [0, 0.1) is 18.3 Å². The lowest BCUT2D eigenvalue weighted by atomic mass is 10.0. The first-order chi connectivity index (χ1) is 16.5. The highest BCUT2D eigenvalue weighted by Gasteiger charge is 2.18. The molecule has 4 aromatic rings. The number of methoxy groups -OCH3 is 1. The highest BCUT2D eigenvalue weighted by atomic mass is 16.5. The number of hydrogen-bond acceptors (Lipinski definition) is 8. The second kappa shape index (κ2) is 9.83. The average molecular weight is 454 g/mol. The summed E-state index contributed by atoms with van der Waals surface area (Å²) in [6, 6.07) is 14.6. The minimum absolute atomic E-state index is 0.214. The minimum Gasteiger partial charge on any atom is -0.494 e. The average Bonchev–Trinajstić information content (AvgIpc) is 3.30. The molecule has 34 heavy (non-hydrogen) atoms. The fourth-order valence-corrected chi connectivity index (χ4v) is 3.41. The van der Waals surface area contributed by atoms with E-state index in [-0.39, 0.29) is 18.1 Å². The van der Waals surface area contributed by atoms with E-state index in [0.29, 0.717) is 28.3 Å². The second-order valence-electron chi connectivity index (χ2n) is 7.30. The third-order valence-corrected chi connectivity index (χ3v) is 4.97. The predicted octanol–water partition coefficient (Wildman–Crippen LogP) is 4.44. The summed E-state index contributed by atoms with van der Waals surface area (Å²) < 4.78 is 12.6. The van der Waals surface area contributed by atoms with Crippen molar-refractivity contribution in [1.29, 1.82) is 5.26 Å². The summed E-state index contributed by atoms with van der Waals surface area (Å²) >= 11 is 0. The van der Waals surface area contributed by atoms with E-state index >= 15 is 0 Å². The summed E-state index contributed by atoms with van der Waals surface area (Å²) in [6.45, 7) is 3.87. The Balaban J connectivity index is 1.71. The van der Waals surface area contributed by atoms with Crippen LogP contribution in [0.5, 0.6) is 5.75 Å². The van der Waals surface area contributed by atoms with Crippen LogP contribution in [0.4, 0.5) is 11.6 Å². The Morgan fingerprint density at radius 2 is 2.06 bits per heavy atom. The maximum Gasteiger partial charge on any atom is 0.341 e. The zero-order valence-corrected chi connectivity index (χ0v) is 18.9. The molecule has 0 unspecified atom stereocenters. The van der Waals surface area contributed by atoms with Crippen LogP contribution < -0.4 is 10.1 Å². The van der Waals surface area contributed by atoms with Crippen LogP contribution in [0.2, 0.25) is 0 Å². The molecule has 0 saturated heterocycles. The molecule has 9 heteroatoms. The summed E-state index contributed by atoms with van der Waals surface area (Å²) in [7, 11) is 1.59. The van der Waals surface area contributed by atoms with Gasteiger partial charge in [0, 0.05) is 29.7 Å². The largest absolute Gasteiger partial charge is 0.494 e. The molecular weight excluding hydrogens is 432 g/mol. The Kier molecular flexibility index (Phi) is 6.50. The second-order valence-corrected chi connectivity index (χ2v) is 7.30. The molecular formula is C25H22N6O3. The molecule has 0 bridgehead atoms. The Labute approximate surface area is 196 Å². The van der Waals surface area contributed by atoms with Gasteiger partial charge in [-0.05, 0) is 38.1 Å². The van der Waals surface area contributed by atoms with E-state index in [9.17, 15) is 10.1 Å². The number of hydrogen-bond donors (Lipinski definition) is 1. The van der Waals surface area contributed by atoms with Crippen LogP contribution in [-0.4, -0.2) is 39.2 Å². The van der Waals surface area contributed by atoms with Crippen molar-refractivity contribution in [3.63, 3.8) is 0 Å². The molecule has 2 aromatic heterocycles. The zero-order valence-electron chi connectivity index (χ0n) is 18.9. The monoisotopic (exact) mass is 454 g/mol. The summed E-state index contributed by atoms with van der Waals surface area (Å²) in [6.07, 6.45) is 5.05. The number of nitrogens with zero attached hydrogens (tertiary/aromatic N) is 5. The van der Waals surface area contributed by atoms with Crippen LogP contribution in [0.25, 0.3) is 16.9 Å². The van der Waals surface area contributed by atoms with Crippen molar-refractivity contribution in [1.82, 2.24) is 19.5 Å². The van der Waals surface area contributed by atoms with E-state index in [2.05, 4.69) is 26.3 Å². The molecule has 0 atom stereocenters. The number of nitrogens with one attached hydrogen (secondary N) is 1. The van der Waals surface area contributed by atoms with Gasteiger partial charge in [-0.25, -0.2) is 19.7 Å². The van der Waals surface area contributed by atoms with Crippen LogP contribution in [-0.2, 0) is 4.74 Å². The van der Waals surface area contributed by atoms with Crippen LogP contribution in [0.1, 0.15) is 28.5 Å². The Bertz CT molecular complexity index is 1390. The van der Waals surface area contributed by atoms with Crippen LogP contribution >= 0.6 is 0 Å². The summed E-state index contributed by atoms with van der Waals surface area (Å²) in [5.74, 6) is 0.374. The summed E-state index contributed by atoms with van der Waals surface area (Å²) in [4.78, 5) is 25.6. The quantitative estimate of drug-likeness (QED) is 0.408. The molecule has 0 saturated carbocycles. The summed E-state index contributed by atoms with van der Waals surface area (Å²) in [5.41, 5.74) is 4.06. The topological polar surface area (TPSA) is 115 Å². The fraction of sp³-hybridized carbons (Fsp3) is 0.160. The molecule has 2 heterocycles. The first kappa shape index (κ1) is 22.5. The van der Waals surface area contributed by atoms with Gasteiger partial charge >= 0.3 is 5.97 Å². The molecule has 0 aliphatic carbocycles. The number of rotatable bonds is 7. The molecule has 0 spiro atoms. The highest BCUT2D eigenvalue weighted by molar-refractivity contribution is 5.96. The summed E-state index contributed by atoms with van der Waals surface area (Å²) in [5, 5.41) is 12.4. The van der Waals surface area contributed by atoms with Gasteiger partial charge in [0.25, 0.3) is 0 Å². The third kappa shape index (κ3) is 4.71. The van der Waals surface area contributed by atoms with Gasteiger partial charge in [-0.15, -0.1) is 0 Å². The van der Waals surface area contributed by atoms with Gasteiger partial charge in [-0.1, -0.05) is 12.1 Å². The molecule has 2 aromatic carbocycles. The molecule has 0 amide bonds. The first-order valence-electron chi connectivity index (χ1n) is 10.5. The Morgan fingerprint density at radius 1 is 1.21 bits per heavy atom. The van der Waals surface area contributed by atoms with Crippen LogP contribution in [0.15, 0.2) is 61.2 Å². The van der Waals surface area contributed by atoms with Gasteiger partial charge in [-0.3, -0.25) is 0 Å².